The highest BCUT2D eigenvalue weighted by atomic mass is 35.5. The zero-order chi connectivity index (χ0) is 22.1. The van der Waals surface area contributed by atoms with Crippen LogP contribution in [0.3, 0.4) is 0 Å². The number of β-amino-alcohol motifs (C(OH)–C–C–N with tert-alkyl or cyclic N) is 1. The fourth-order valence-corrected chi connectivity index (χ4v) is 3.19. The van der Waals surface area contributed by atoms with Gasteiger partial charge in [-0.05, 0) is 18.2 Å². The first-order valence-corrected chi connectivity index (χ1v) is 8.95. The molecular formula is C18H16ClF3N4O4. The molecule has 2 N–H and O–H groups in total. The normalized spacial score (nSPS) is 14.5. The lowest BCUT2D eigenvalue weighted by molar-refractivity contribution is -0.141. The number of esters is 1. The average Bonchev–Trinajstić information content (AvgIpc) is 3.29. The molecule has 0 bridgehead atoms. The van der Waals surface area contributed by atoms with Crippen LogP contribution in [-0.2, 0) is 20.5 Å². The Hall–Kier alpha value is -3.05. The van der Waals surface area contributed by atoms with Crippen LogP contribution in [0.4, 0.5) is 18.9 Å². The van der Waals surface area contributed by atoms with Crippen LogP contribution in [0.2, 0.25) is 5.02 Å². The number of hydrogen-bond acceptors (Lipinski definition) is 6. The zero-order valence-corrected chi connectivity index (χ0v) is 16.3. The summed E-state index contributed by atoms with van der Waals surface area (Å²) in [6, 6.07) is 5.22. The number of anilines is 1. The number of rotatable bonds is 6. The van der Waals surface area contributed by atoms with Gasteiger partial charge in [-0.15, -0.1) is 0 Å². The number of nitrogens with one attached hydrogen (secondary N) is 1. The smallest absolute Gasteiger partial charge is 0.435 e. The van der Waals surface area contributed by atoms with Gasteiger partial charge in [0.1, 0.15) is 11.4 Å². The molecule has 2 heterocycles. The number of halogens is 4. The van der Waals surface area contributed by atoms with Crippen LogP contribution < -0.4 is 5.32 Å². The minimum Gasteiger partial charge on any atom is -0.466 e. The topological polar surface area (TPSA) is 96.7 Å². The molecule has 1 aromatic heterocycles. The van der Waals surface area contributed by atoms with Crippen molar-refractivity contribution in [2.75, 3.05) is 32.1 Å². The van der Waals surface area contributed by atoms with Crippen molar-refractivity contribution in [1.82, 2.24) is 14.7 Å². The summed E-state index contributed by atoms with van der Waals surface area (Å²) < 4.78 is 44.4. The van der Waals surface area contributed by atoms with E-state index in [0.717, 1.165) is 24.1 Å². The van der Waals surface area contributed by atoms with E-state index in [1.165, 1.54) is 23.1 Å². The van der Waals surface area contributed by atoms with Gasteiger partial charge in [-0.3, -0.25) is 4.79 Å². The lowest BCUT2D eigenvalue weighted by Crippen LogP contribution is -2.31. The Morgan fingerprint density at radius 2 is 2.10 bits per heavy atom. The summed E-state index contributed by atoms with van der Waals surface area (Å²) in [4.78, 5) is 26.0. The van der Waals surface area contributed by atoms with Gasteiger partial charge in [0.25, 0.3) is 5.91 Å². The molecule has 2 aromatic rings. The van der Waals surface area contributed by atoms with Gasteiger partial charge in [0, 0.05) is 12.7 Å². The summed E-state index contributed by atoms with van der Waals surface area (Å²) in [6.45, 7) is -0.422. The SMILES string of the molecule is COC(=O)C1=C(Nc2cccc(Cl)c2-n2ccc(C(F)(F)F)n2)C(=O)N(CCO)C1. The van der Waals surface area contributed by atoms with Crippen molar-refractivity contribution in [1.29, 1.82) is 0 Å². The fraction of sp³-hybridized carbons (Fsp3) is 0.278. The first-order valence-electron chi connectivity index (χ1n) is 8.57. The van der Waals surface area contributed by atoms with Crippen molar-refractivity contribution >= 4 is 29.2 Å². The summed E-state index contributed by atoms with van der Waals surface area (Å²) in [5.41, 5.74) is -1.02. The van der Waals surface area contributed by atoms with Crippen LogP contribution in [0.25, 0.3) is 5.69 Å². The Balaban J connectivity index is 2.04. The van der Waals surface area contributed by atoms with Gasteiger partial charge in [-0.25, -0.2) is 9.48 Å². The monoisotopic (exact) mass is 444 g/mol. The van der Waals surface area contributed by atoms with E-state index in [9.17, 15) is 22.8 Å². The number of para-hydroxylation sites is 1. The first kappa shape index (κ1) is 21.7. The molecule has 0 spiro atoms. The van der Waals surface area contributed by atoms with Crippen LogP contribution in [0.15, 0.2) is 41.7 Å². The fourth-order valence-electron chi connectivity index (χ4n) is 2.93. The zero-order valence-electron chi connectivity index (χ0n) is 15.5. The lowest BCUT2D eigenvalue weighted by Gasteiger charge is -2.16. The van der Waals surface area contributed by atoms with E-state index in [2.05, 4.69) is 10.4 Å². The van der Waals surface area contributed by atoms with Crippen molar-refractivity contribution in [3.63, 3.8) is 0 Å². The molecule has 12 heteroatoms. The summed E-state index contributed by atoms with van der Waals surface area (Å²) in [6.07, 6.45) is -3.56. The van der Waals surface area contributed by atoms with E-state index in [-0.39, 0.29) is 47.4 Å². The van der Waals surface area contributed by atoms with Gasteiger partial charge in [-0.2, -0.15) is 18.3 Å². The predicted octanol–water partition coefficient (Wildman–Crippen LogP) is 2.22. The number of amides is 1. The standard InChI is InChI=1S/C18H16ClF3N4O4/c1-30-17(29)10-9-25(7-8-27)16(28)14(10)23-12-4-2-3-11(19)15(12)26-6-5-13(24-26)18(20,21)22/h2-6,23,27H,7-9H2,1H3. The molecular weight excluding hydrogens is 429 g/mol. The quantitative estimate of drug-likeness (QED) is 0.663. The van der Waals surface area contributed by atoms with Crippen LogP contribution in [-0.4, -0.2) is 58.5 Å². The van der Waals surface area contributed by atoms with E-state index < -0.39 is 23.7 Å². The molecule has 0 radical (unpaired) electrons. The number of methoxy groups -OCH3 is 1. The molecule has 0 fully saturated rings. The minimum atomic E-state index is -4.65. The molecule has 1 aliphatic rings. The second-order valence-electron chi connectivity index (χ2n) is 6.20. The van der Waals surface area contributed by atoms with E-state index in [1.807, 2.05) is 0 Å². The third-order valence-corrected chi connectivity index (χ3v) is 4.61. The van der Waals surface area contributed by atoms with Crippen LogP contribution >= 0.6 is 11.6 Å². The number of aromatic nitrogens is 2. The predicted molar refractivity (Wildman–Crippen MR) is 99.9 cm³/mol. The molecule has 30 heavy (non-hydrogen) atoms. The summed E-state index contributed by atoms with van der Waals surface area (Å²) >= 11 is 6.20. The van der Waals surface area contributed by atoms with Gasteiger partial charge in [0.15, 0.2) is 5.69 Å². The third-order valence-electron chi connectivity index (χ3n) is 4.31. The van der Waals surface area contributed by atoms with Crippen molar-refractivity contribution in [2.45, 2.75) is 6.18 Å². The number of aliphatic hydroxyl groups is 1. The highest BCUT2D eigenvalue weighted by molar-refractivity contribution is 6.33. The Bertz CT molecular complexity index is 1020. The number of hydrogen-bond donors (Lipinski definition) is 2. The molecule has 3 rings (SSSR count). The summed E-state index contributed by atoms with van der Waals surface area (Å²) in [5.74, 6) is -1.33. The average molecular weight is 445 g/mol. The van der Waals surface area contributed by atoms with Gasteiger partial charge < -0.3 is 20.1 Å². The number of aliphatic hydroxyl groups excluding tert-OH is 1. The molecule has 0 saturated carbocycles. The molecule has 160 valence electrons. The van der Waals surface area contributed by atoms with Gasteiger partial charge in [-0.1, -0.05) is 17.7 Å². The second kappa shape index (κ2) is 8.36. The van der Waals surface area contributed by atoms with Gasteiger partial charge in [0.05, 0.1) is 36.5 Å². The Morgan fingerprint density at radius 1 is 1.37 bits per heavy atom. The number of carbonyl (C=O) groups is 2. The first-order chi connectivity index (χ1) is 14.2. The maximum Gasteiger partial charge on any atom is 0.435 e. The molecule has 1 aromatic carbocycles. The summed E-state index contributed by atoms with van der Waals surface area (Å²) in [5, 5.41) is 15.5. The van der Waals surface area contributed by atoms with Crippen molar-refractivity contribution < 1.29 is 32.6 Å². The molecule has 0 atom stereocenters. The molecule has 0 unspecified atom stereocenters. The lowest BCUT2D eigenvalue weighted by atomic mass is 10.2. The van der Waals surface area contributed by atoms with Crippen LogP contribution in [0, 0.1) is 0 Å². The molecule has 0 saturated heterocycles. The van der Waals surface area contributed by atoms with E-state index >= 15 is 0 Å². The van der Waals surface area contributed by atoms with Crippen molar-refractivity contribution in [2.24, 2.45) is 0 Å². The maximum atomic E-state index is 12.9. The van der Waals surface area contributed by atoms with Crippen molar-refractivity contribution in [3.05, 3.63) is 52.4 Å². The molecule has 8 nitrogen and oxygen atoms in total. The minimum absolute atomic E-state index is 0.0123. The molecule has 0 aliphatic carbocycles. The Morgan fingerprint density at radius 3 is 2.70 bits per heavy atom. The molecule has 1 amide bonds. The highest BCUT2D eigenvalue weighted by Gasteiger charge is 2.36. The van der Waals surface area contributed by atoms with E-state index in [1.54, 1.807) is 0 Å². The number of ether oxygens (including phenoxy) is 1. The van der Waals surface area contributed by atoms with Gasteiger partial charge in [0.2, 0.25) is 0 Å². The summed E-state index contributed by atoms with van der Waals surface area (Å²) in [7, 11) is 1.15. The maximum absolute atomic E-state index is 12.9. The largest absolute Gasteiger partial charge is 0.466 e. The molecule has 1 aliphatic heterocycles. The highest BCUT2D eigenvalue weighted by Crippen LogP contribution is 2.33. The Kier molecular flexibility index (Phi) is 6.04. The number of nitrogens with zero attached hydrogens (tertiary/aromatic N) is 3. The van der Waals surface area contributed by atoms with E-state index in [0.29, 0.717) is 0 Å². The number of alkyl halides is 3. The van der Waals surface area contributed by atoms with Crippen LogP contribution in [0.1, 0.15) is 5.69 Å². The van der Waals surface area contributed by atoms with E-state index in [4.69, 9.17) is 21.4 Å². The van der Waals surface area contributed by atoms with Crippen molar-refractivity contribution in [3.8, 4) is 5.69 Å². The van der Waals surface area contributed by atoms with Crippen LogP contribution in [0.5, 0.6) is 0 Å². The third kappa shape index (κ3) is 4.12. The van der Waals surface area contributed by atoms with Gasteiger partial charge >= 0.3 is 12.1 Å². The number of benzene rings is 1. The Labute approximate surface area is 173 Å². The second-order valence-corrected chi connectivity index (χ2v) is 6.61. The number of carbonyl (C=O) groups excluding carboxylic acids is 2.